The fourth-order valence-corrected chi connectivity index (χ4v) is 2.72. The van der Waals surface area contributed by atoms with Gasteiger partial charge in [0, 0.05) is 5.56 Å². The van der Waals surface area contributed by atoms with Crippen LogP contribution in [-0.4, -0.2) is 16.1 Å². The van der Waals surface area contributed by atoms with Crippen LogP contribution in [0.15, 0.2) is 54.6 Å². The van der Waals surface area contributed by atoms with Gasteiger partial charge >= 0.3 is 5.97 Å². The maximum atomic E-state index is 11.1. The van der Waals surface area contributed by atoms with Gasteiger partial charge in [0.15, 0.2) is 0 Å². The Morgan fingerprint density at radius 1 is 1.25 bits per heavy atom. The molecule has 0 aliphatic rings. The van der Waals surface area contributed by atoms with Crippen molar-refractivity contribution in [1.29, 1.82) is 5.26 Å². The van der Waals surface area contributed by atoms with E-state index in [-0.39, 0.29) is 35.1 Å². The quantitative estimate of drug-likeness (QED) is 0.656. The minimum Gasteiger partial charge on any atom is -0.478 e. The average Bonchev–Trinajstić information content (AvgIpc) is 2.72. The molecule has 0 atom stereocenters. The van der Waals surface area contributed by atoms with E-state index in [1.54, 1.807) is 36.4 Å². The highest BCUT2D eigenvalue weighted by Gasteiger charge is 2.21. The summed E-state index contributed by atoms with van der Waals surface area (Å²) in [7, 11) is 0. The first-order valence-corrected chi connectivity index (χ1v) is 8.16. The number of aromatic carboxylic acids is 1. The fraction of sp³-hybridized carbons (Fsp3) is 0.0476. The number of ether oxygens (including phenoxy) is 1. The van der Waals surface area contributed by atoms with Crippen molar-refractivity contribution < 1.29 is 14.6 Å². The lowest BCUT2D eigenvalue weighted by Crippen LogP contribution is -2.05. The van der Waals surface area contributed by atoms with Crippen LogP contribution in [0.4, 0.5) is 11.5 Å². The summed E-state index contributed by atoms with van der Waals surface area (Å²) in [6, 6.07) is 17.2. The van der Waals surface area contributed by atoms with E-state index in [2.05, 4.69) is 9.83 Å². The molecule has 7 heteroatoms. The molecular weight excluding hydrogens is 356 g/mol. The summed E-state index contributed by atoms with van der Waals surface area (Å²) in [5, 5.41) is 18.8. The van der Waals surface area contributed by atoms with Crippen molar-refractivity contribution in [2.24, 2.45) is 0 Å². The van der Waals surface area contributed by atoms with Crippen LogP contribution in [0, 0.1) is 17.9 Å². The number of rotatable bonds is 5. The maximum absolute atomic E-state index is 11.1. The summed E-state index contributed by atoms with van der Waals surface area (Å²) in [5.41, 5.74) is 7.85. The average molecular weight is 370 g/mol. The van der Waals surface area contributed by atoms with Gasteiger partial charge in [0.05, 0.1) is 12.1 Å². The molecule has 0 aliphatic carbocycles. The highest BCUT2D eigenvalue weighted by molar-refractivity contribution is 5.90. The van der Waals surface area contributed by atoms with Crippen LogP contribution in [0.5, 0.6) is 5.88 Å². The van der Waals surface area contributed by atoms with Crippen molar-refractivity contribution in [3.63, 3.8) is 0 Å². The number of pyridine rings is 1. The van der Waals surface area contributed by atoms with Gasteiger partial charge < -0.3 is 15.6 Å². The minimum absolute atomic E-state index is 0.00612. The lowest BCUT2D eigenvalue weighted by molar-refractivity contribution is 0.0696. The molecule has 1 aromatic heterocycles. The molecule has 3 rings (SSSR count). The Kier molecular flexibility index (Phi) is 5.20. The summed E-state index contributed by atoms with van der Waals surface area (Å²) in [4.78, 5) is 18.6. The molecule has 0 bridgehead atoms. The monoisotopic (exact) mass is 370 g/mol. The first-order chi connectivity index (χ1) is 13.5. The van der Waals surface area contributed by atoms with E-state index in [0.717, 1.165) is 0 Å². The van der Waals surface area contributed by atoms with Gasteiger partial charge in [0.1, 0.15) is 24.1 Å². The molecule has 1 heterocycles. The second-order valence-corrected chi connectivity index (χ2v) is 5.78. The van der Waals surface area contributed by atoms with Crippen molar-refractivity contribution in [1.82, 2.24) is 4.98 Å². The van der Waals surface area contributed by atoms with E-state index in [0.29, 0.717) is 16.7 Å². The van der Waals surface area contributed by atoms with Gasteiger partial charge in [-0.25, -0.2) is 14.6 Å². The third-order valence-electron chi connectivity index (χ3n) is 4.00. The molecule has 136 valence electrons. The summed E-state index contributed by atoms with van der Waals surface area (Å²) in [5.74, 6) is -1.09. The molecule has 0 saturated heterocycles. The van der Waals surface area contributed by atoms with Crippen LogP contribution in [0.3, 0.4) is 0 Å². The number of hydrogen-bond donors (Lipinski definition) is 2. The maximum Gasteiger partial charge on any atom is 0.335 e. The van der Waals surface area contributed by atoms with Crippen molar-refractivity contribution in [3.05, 3.63) is 82.7 Å². The number of carboxylic acids is 1. The number of hydrogen-bond acceptors (Lipinski definition) is 5. The summed E-state index contributed by atoms with van der Waals surface area (Å²) in [6.45, 7) is 7.41. The molecule has 7 nitrogen and oxygen atoms in total. The van der Waals surface area contributed by atoms with E-state index in [4.69, 9.17) is 22.1 Å². The second kappa shape index (κ2) is 7.90. The molecule has 3 N–H and O–H groups in total. The Balaban J connectivity index is 2.04. The number of carboxylic acid groups (broad SMARTS) is 1. The molecule has 0 unspecified atom stereocenters. The fourth-order valence-electron chi connectivity index (χ4n) is 2.72. The summed E-state index contributed by atoms with van der Waals surface area (Å²) in [6.07, 6.45) is 0. The number of nitrogens with zero attached hydrogens (tertiary/aromatic N) is 3. The van der Waals surface area contributed by atoms with E-state index in [1.165, 1.54) is 12.1 Å². The smallest absolute Gasteiger partial charge is 0.335 e. The van der Waals surface area contributed by atoms with Crippen LogP contribution in [0.2, 0.25) is 0 Å². The van der Waals surface area contributed by atoms with Gasteiger partial charge in [0.25, 0.3) is 0 Å². The standard InChI is InChI=1S/C21H14N4O3/c1-24-18-17(14-7-3-2-4-8-14)16(11-22)20(25-19(18)23)28-12-13-6-5-9-15(10-13)21(26)27/h2-10H,12H2,(H2,23,25)(H,26,27). The lowest BCUT2D eigenvalue weighted by Gasteiger charge is -2.14. The number of benzene rings is 2. The SMILES string of the molecule is [C-]#[N+]c1c(N)nc(OCc2cccc(C(=O)O)c2)c(C#N)c1-c1ccccc1. The minimum atomic E-state index is -1.05. The zero-order valence-corrected chi connectivity index (χ0v) is 14.6. The first kappa shape index (κ1) is 18.4. The molecule has 2 aromatic carbocycles. The lowest BCUT2D eigenvalue weighted by atomic mass is 9.99. The third-order valence-corrected chi connectivity index (χ3v) is 4.00. The van der Waals surface area contributed by atoms with Gasteiger partial charge in [-0.05, 0) is 23.3 Å². The van der Waals surface area contributed by atoms with Crippen molar-refractivity contribution in [2.45, 2.75) is 6.61 Å². The van der Waals surface area contributed by atoms with Gasteiger partial charge in [-0.3, -0.25) is 0 Å². The Morgan fingerprint density at radius 3 is 2.64 bits per heavy atom. The predicted molar refractivity (Wildman–Crippen MR) is 103 cm³/mol. The van der Waals surface area contributed by atoms with Crippen molar-refractivity contribution in [2.75, 3.05) is 5.73 Å². The van der Waals surface area contributed by atoms with Gasteiger partial charge in [-0.15, -0.1) is 0 Å². The molecule has 0 radical (unpaired) electrons. The van der Waals surface area contributed by atoms with Crippen molar-refractivity contribution in [3.8, 4) is 23.1 Å². The Morgan fingerprint density at radius 2 is 2.00 bits per heavy atom. The number of aromatic nitrogens is 1. The van der Waals surface area contributed by atoms with Crippen LogP contribution in [-0.2, 0) is 6.61 Å². The molecule has 28 heavy (non-hydrogen) atoms. The molecular formula is C21H14N4O3. The molecule has 3 aromatic rings. The summed E-state index contributed by atoms with van der Waals surface area (Å²) >= 11 is 0. The predicted octanol–water partition coefficient (Wildman–Crippen LogP) is 4.03. The van der Waals surface area contributed by atoms with Crippen molar-refractivity contribution >= 4 is 17.5 Å². The number of anilines is 1. The topological polar surface area (TPSA) is 114 Å². The Labute approximate surface area is 161 Å². The normalized spacial score (nSPS) is 9.93. The van der Waals surface area contributed by atoms with Gasteiger partial charge in [-0.1, -0.05) is 42.5 Å². The third kappa shape index (κ3) is 3.59. The number of nitrogen functional groups attached to an aromatic ring is 1. The zero-order chi connectivity index (χ0) is 20.1. The van der Waals surface area contributed by atoms with E-state index in [9.17, 15) is 10.1 Å². The Hall–Kier alpha value is -4.36. The zero-order valence-electron chi connectivity index (χ0n) is 14.6. The molecule has 0 amide bonds. The largest absolute Gasteiger partial charge is 0.478 e. The molecule has 0 aliphatic heterocycles. The van der Waals surface area contributed by atoms with E-state index >= 15 is 0 Å². The van der Waals surface area contributed by atoms with E-state index < -0.39 is 5.97 Å². The van der Waals surface area contributed by atoms with Gasteiger partial charge in [0.2, 0.25) is 11.6 Å². The number of nitrogens with two attached hydrogens (primary N) is 1. The second-order valence-electron chi connectivity index (χ2n) is 5.78. The van der Waals surface area contributed by atoms with Gasteiger partial charge in [-0.2, -0.15) is 5.26 Å². The van der Waals surface area contributed by atoms with Crippen LogP contribution < -0.4 is 10.5 Å². The highest BCUT2D eigenvalue weighted by atomic mass is 16.5. The molecule has 0 saturated carbocycles. The van der Waals surface area contributed by atoms with Crippen LogP contribution in [0.1, 0.15) is 21.5 Å². The van der Waals surface area contributed by atoms with Crippen LogP contribution >= 0.6 is 0 Å². The summed E-state index contributed by atoms with van der Waals surface area (Å²) < 4.78 is 5.68. The molecule has 0 spiro atoms. The molecule has 0 fully saturated rings. The number of nitriles is 1. The highest BCUT2D eigenvalue weighted by Crippen LogP contribution is 2.41. The number of carbonyl (C=O) groups is 1. The van der Waals surface area contributed by atoms with E-state index in [1.807, 2.05) is 12.1 Å². The van der Waals surface area contributed by atoms with Crippen LogP contribution in [0.25, 0.3) is 16.0 Å². The first-order valence-electron chi connectivity index (χ1n) is 8.16. The Bertz CT molecular complexity index is 1130.